The van der Waals surface area contributed by atoms with Gasteiger partial charge in [0.15, 0.2) is 0 Å². The molecule has 0 aliphatic rings. The molecule has 0 saturated heterocycles. The summed E-state index contributed by atoms with van der Waals surface area (Å²) in [4.78, 5) is 1.08. The Hall–Kier alpha value is -1.08. The minimum absolute atomic E-state index is 0.0202. The molecule has 1 aromatic heterocycles. The van der Waals surface area contributed by atoms with Crippen molar-refractivity contribution in [3.63, 3.8) is 0 Å². The van der Waals surface area contributed by atoms with Crippen LogP contribution >= 0.6 is 27.3 Å². The maximum Gasteiger partial charge on any atom is 0.134 e. The molecule has 0 aliphatic heterocycles. The van der Waals surface area contributed by atoms with Crippen LogP contribution in [0.3, 0.4) is 0 Å². The average Bonchev–Trinajstić information content (AvgIpc) is 2.93. The van der Waals surface area contributed by atoms with Crippen LogP contribution in [0.25, 0.3) is 0 Å². The molecule has 0 saturated carbocycles. The van der Waals surface area contributed by atoms with Crippen LogP contribution in [0.15, 0.2) is 34.1 Å². The molecule has 6 heteroatoms. The molecular formula is C14H17BrN2O2S. The Morgan fingerprint density at radius 1 is 1.25 bits per heavy atom. The quantitative estimate of drug-likeness (QED) is 0.615. The zero-order chi connectivity index (χ0) is 14.5. The number of thiophene rings is 1. The van der Waals surface area contributed by atoms with Crippen molar-refractivity contribution in [2.45, 2.75) is 12.5 Å². The van der Waals surface area contributed by atoms with Crippen LogP contribution in [0, 0.1) is 0 Å². The summed E-state index contributed by atoms with van der Waals surface area (Å²) in [5.74, 6) is 7.42. The first kappa shape index (κ1) is 15.3. The summed E-state index contributed by atoms with van der Waals surface area (Å²) >= 11 is 5.11. The van der Waals surface area contributed by atoms with E-state index in [-0.39, 0.29) is 6.04 Å². The SMILES string of the molecule is COc1ccc(Br)cc1CC(NN)c1sccc1OC. The Bertz CT molecular complexity index is 574. The maximum absolute atomic E-state index is 5.71. The van der Waals surface area contributed by atoms with E-state index in [4.69, 9.17) is 15.3 Å². The molecule has 2 rings (SSSR count). The highest BCUT2D eigenvalue weighted by molar-refractivity contribution is 9.10. The van der Waals surface area contributed by atoms with E-state index >= 15 is 0 Å². The molecule has 1 unspecified atom stereocenters. The molecule has 2 aromatic rings. The van der Waals surface area contributed by atoms with Gasteiger partial charge in [0, 0.05) is 4.47 Å². The van der Waals surface area contributed by atoms with Gasteiger partial charge < -0.3 is 9.47 Å². The summed E-state index contributed by atoms with van der Waals surface area (Å²) in [5, 5.41) is 2.00. The van der Waals surface area contributed by atoms with E-state index in [1.54, 1.807) is 25.6 Å². The third-order valence-electron chi connectivity index (χ3n) is 3.06. The molecule has 0 bridgehead atoms. The van der Waals surface area contributed by atoms with E-state index < -0.39 is 0 Å². The number of hydrogen-bond donors (Lipinski definition) is 2. The molecule has 0 spiro atoms. The van der Waals surface area contributed by atoms with Crippen LogP contribution in [0.4, 0.5) is 0 Å². The van der Waals surface area contributed by atoms with E-state index in [1.807, 2.05) is 29.6 Å². The fourth-order valence-corrected chi connectivity index (χ4v) is 3.42. The van der Waals surface area contributed by atoms with Gasteiger partial charge in [0.05, 0.1) is 25.1 Å². The highest BCUT2D eigenvalue weighted by atomic mass is 79.9. The van der Waals surface area contributed by atoms with E-state index in [1.165, 1.54) is 0 Å². The molecule has 0 amide bonds. The van der Waals surface area contributed by atoms with Gasteiger partial charge in [-0.25, -0.2) is 0 Å². The average molecular weight is 357 g/mol. The summed E-state index contributed by atoms with van der Waals surface area (Å²) in [6.45, 7) is 0. The molecule has 3 N–H and O–H groups in total. The van der Waals surface area contributed by atoms with Crippen LogP contribution in [0.5, 0.6) is 11.5 Å². The lowest BCUT2D eigenvalue weighted by molar-refractivity contribution is 0.396. The summed E-state index contributed by atoms with van der Waals surface area (Å²) < 4.78 is 11.8. The summed E-state index contributed by atoms with van der Waals surface area (Å²) in [6.07, 6.45) is 0.718. The number of methoxy groups -OCH3 is 2. The molecule has 0 radical (unpaired) electrons. The summed E-state index contributed by atoms with van der Waals surface area (Å²) in [7, 11) is 3.34. The van der Waals surface area contributed by atoms with Crippen LogP contribution < -0.4 is 20.7 Å². The Morgan fingerprint density at radius 2 is 2.00 bits per heavy atom. The highest BCUT2D eigenvalue weighted by Gasteiger charge is 2.19. The first-order valence-electron chi connectivity index (χ1n) is 6.09. The van der Waals surface area contributed by atoms with Crippen molar-refractivity contribution < 1.29 is 9.47 Å². The number of hydrogen-bond acceptors (Lipinski definition) is 5. The number of hydrazine groups is 1. The normalized spacial score (nSPS) is 12.2. The lowest BCUT2D eigenvalue weighted by Gasteiger charge is -2.18. The zero-order valence-electron chi connectivity index (χ0n) is 11.4. The molecule has 108 valence electrons. The summed E-state index contributed by atoms with van der Waals surface area (Å²) in [6, 6.07) is 7.87. The Balaban J connectivity index is 2.29. The summed E-state index contributed by atoms with van der Waals surface area (Å²) in [5.41, 5.74) is 3.94. The predicted octanol–water partition coefficient (Wildman–Crippen LogP) is 3.27. The lowest BCUT2D eigenvalue weighted by atomic mass is 10.0. The number of nitrogens with one attached hydrogen (secondary N) is 1. The monoisotopic (exact) mass is 356 g/mol. The fourth-order valence-electron chi connectivity index (χ4n) is 2.09. The van der Waals surface area contributed by atoms with Crippen LogP contribution in [0.1, 0.15) is 16.5 Å². The van der Waals surface area contributed by atoms with Gasteiger partial charge in [0.25, 0.3) is 0 Å². The number of rotatable bonds is 6. The topological polar surface area (TPSA) is 56.5 Å². The molecule has 0 fully saturated rings. The van der Waals surface area contributed by atoms with E-state index in [0.717, 1.165) is 32.8 Å². The predicted molar refractivity (Wildman–Crippen MR) is 85.3 cm³/mol. The van der Waals surface area contributed by atoms with Crippen molar-refractivity contribution in [2.24, 2.45) is 5.84 Å². The van der Waals surface area contributed by atoms with Gasteiger partial charge in [-0.15, -0.1) is 11.3 Å². The molecular weight excluding hydrogens is 340 g/mol. The Kier molecular flexibility index (Phi) is 5.42. The first-order chi connectivity index (χ1) is 9.69. The molecule has 1 atom stereocenters. The lowest BCUT2D eigenvalue weighted by Crippen LogP contribution is -2.29. The fraction of sp³-hybridized carbons (Fsp3) is 0.286. The third-order valence-corrected chi connectivity index (χ3v) is 4.57. The minimum atomic E-state index is -0.0202. The van der Waals surface area contributed by atoms with Crippen molar-refractivity contribution >= 4 is 27.3 Å². The van der Waals surface area contributed by atoms with Gasteiger partial charge in [-0.2, -0.15) is 0 Å². The Morgan fingerprint density at radius 3 is 2.65 bits per heavy atom. The van der Waals surface area contributed by atoms with Gasteiger partial charge in [0.1, 0.15) is 11.5 Å². The van der Waals surface area contributed by atoms with Crippen molar-refractivity contribution in [1.82, 2.24) is 5.43 Å². The number of nitrogens with two attached hydrogens (primary N) is 1. The molecule has 1 aromatic carbocycles. The van der Waals surface area contributed by atoms with Crippen LogP contribution in [-0.4, -0.2) is 14.2 Å². The van der Waals surface area contributed by atoms with Crippen molar-refractivity contribution in [3.05, 3.63) is 44.6 Å². The van der Waals surface area contributed by atoms with Gasteiger partial charge in [-0.05, 0) is 41.6 Å². The van der Waals surface area contributed by atoms with Crippen molar-refractivity contribution in [1.29, 1.82) is 0 Å². The van der Waals surface area contributed by atoms with Crippen LogP contribution in [-0.2, 0) is 6.42 Å². The minimum Gasteiger partial charge on any atom is -0.496 e. The zero-order valence-corrected chi connectivity index (χ0v) is 13.8. The van der Waals surface area contributed by atoms with Gasteiger partial charge in [-0.1, -0.05) is 15.9 Å². The van der Waals surface area contributed by atoms with Crippen LogP contribution in [0.2, 0.25) is 0 Å². The Labute approximate surface area is 131 Å². The van der Waals surface area contributed by atoms with Gasteiger partial charge in [-0.3, -0.25) is 11.3 Å². The molecule has 4 nitrogen and oxygen atoms in total. The van der Waals surface area contributed by atoms with Gasteiger partial charge >= 0.3 is 0 Å². The maximum atomic E-state index is 5.71. The first-order valence-corrected chi connectivity index (χ1v) is 7.76. The van der Waals surface area contributed by atoms with E-state index in [0.29, 0.717) is 0 Å². The van der Waals surface area contributed by atoms with Gasteiger partial charge in [0.2, 0.25) is 0 Å². The highest BCUT2D eigenvalue weighted by Crippen LogP contribution is 2.34. The van der Waals surface area contributed by atoms with Crippen molar-refractivity contribution in [3.8, 4) is 11.5 Å². The number of benzene rings is 1. The van der Waals surface area contributed by atoms with E-state index in [9.17, 15) is 0 Å². The second-order valence-corrected chi connectivity index (χ2v) is 6.10. The standard InChI is InChI=1S/C14H17BrN2O2S/c1-18-12-4-3-10(15)7-9(12)8-11(17-16)14-13(19-2)5-6-20-14/h3-7,11,17H,8,16H2,1-2H3. The largest absolute Gasteiger partial charge is 0.496 e. The number of ether oxygens (including phenoxy) is 2. The van der Waals surface area contributed by atoms with Crippen molar-refractivity contribution in [2.75, 3.05) is 14.2 Å². The second kappa shape index (κ2) is 7.08. The third kappa shape index (κ3) is 3.32. The molecule has 20 heavy (non-hydrogen) atoms. The smallest absolute Gasteiger partial charge is 0.134 e. The number of halogens is 1. The molecule has 0 aliphatic carbocycles. The van der Waals surface area contributed by atoms with E-state index in [2.05, 4.69) is 21.4 Å². The second-order valence-electron chi connectivity index (χ2n) is 4.23. The molecule has 1 heterocycles.